The van der Waals surface area contributed by atoms with Gasteiger partial charge in [0.2, 0.25) is 0 Å². The smallest absolute Gasteiger partial charge is 0.335 e. The maximum absolute atomic E-state index is 12.8. The number of carboxylic acid groups (broad SMARTS) is 1. The first-order chi connectivity index (χ1) is 13.5. The summed E-state index contributed by atoms with van der Waals surface area (Å²) in [5.74, 6) is -0.259. The molecule has 0 amide bonds. The van der Waals surface area contributed by atoms with E-state index < -0.39 is 5.97 Å². The number of aryl methyl sites for hydroxylation is 1. The molecule has 5 nitrogen and oxygen atoms in total. The van der Waals surface area contributed by atoms with Crippen molar-refractivity contribution in [2.45, 2.75) is 38.3 Å². The molecule has 0 spiro atoms. The van der Waals surface area contributed by atoms with E-state index in [1.54, 1.807) is 12.1 Å². The van der Waals surface area contributed by atoms with Crippen molar-refractivity contribution >= 4 is 34.3 Å². The van der Waals surface area contributed by atoms with E-state index >= 15 is 0 Å². The fraction of sp³-hybridized carbons (Fsp3) is 0.273. The summed E-state index contributed by atoms with van der Waals surface area (Å²) in [6.45, 7) is 2.07. The number of hydrogen-bond donors (Lipinski definition) is 2. The van der Waals surface area contributed by atoms with Crippen molar-refractivity contribution in [3.05, 3.63) is 69.9 Å². The lowest BCUT2D eigenvalue weighted by atomic mass is 10.0. The highest BCUT2D eigenvalue weighted by Gasteiger charge is 2.32. The summed E-state index contributed by atoms with van der Waals surface area (Å²) in [5.41, 5.74) is 2.59. The average molecular weight is 398 g/mol. The van der Waals surface area contributed by atoms with Crippen LogP contribution < -0.4 is 5.32 Å². The van der Waals surface area contributed by atoms with Gasteiger partial charge < -0.3 is 9.52 Å². The molecule has 4 rings (SSSR count). The molecular formula is C22H20ClNO4. The van der Waals surface area contributed by atoms with Crippen LogP contribution in [0.4, 0.5) is 0 Å². The summed E-state index contributed by atoms with van der Waals surface area (Å²) >= 11 is 6.32. The summed E-state index contributed by atoms with van der Waals surface area (Å²) in [4.78, 5) is 23.7. The normalized spacial score (nSPS) is 19.2. The van der Waals surface area contributed by atoms with Crippen LogP contribution in [0.1, 0.15) is 57.8 Å². The Balaban J connectivity index is 1.54. The number of aromatic carboxylic acids is 1. The number of hydrogen-bond acceptors (Lipinski definition) is 4. The summed E-state index contributed by atoms with van der Waals surface area (Å²) in [5, 5.41) is 13.9. The molecule has 1 aliphatic heterocycles. The van der Waals surface area contributed by atoms with Gasteiger partial charge in [0.25, 0.3) is 0 Å². The minimum atomic E-state index is -1.01. The number of Topliss-reactive ketones (excluding diaryl/α,β-unsaturated/α-hetero) is 1. The molecule has 0 radical (unpaired) electrons. The van der Waals surface area contributed by atoms with Crippen LogP contribution in [0.5, 0.6) is 0 Å². The van der Waals surface area contributed by atoms with E-state index in [2.05, 4.69) is 12.2 Å². The van der Waals surface area contributed by atoms with E-state index in [-0.39, 0.29) is 23.4 Å². The zero-order valence-corrected chi connectivity index (χ0v) is 16.1. The molecule has 1 aliphatic rings. The second kappa shape index (κ2) is 7.41. The summed E-state index contributed by atoms with van der Waals surface area (Å²) in [6, 6.07) is 11.5. The van der Waals surface area contributed by atoms with Gasteiger partial charge >= 0.3 is 5.97 Å². The topological polar surface area (TPSA) is 79.5 Å². The Kier molecular flexibility index (Phi) is 4.96. The third kappa shape index (κ3) is 3.32. The van der Waals surface area contributed by atoms with Crippen LogP contribution in [0.3, 0.4) is 0 Å². The largest absolute Gasteiger partial charge is 0.478 e. The summed E-state index contributed by atoms with van der Waals surface area (Å²) in [7, 11) is 0. The van der Waals surface area contributed by atoms with Crippen LogP contribution in [0.15, 0.2) is 46.9 Å². The van der Waals surface area contributed by atoms with Crippen LogP contribution in [0, 0.1) is 0 Å². The summed E-state index contributed by atoms with van der Waals surface area (Å²) in [6.07, 6.45) is 2.32. The first-order valence-corrected chi connectivity index (χ1v) is 9.70. The molecule has 1 fully saturated rings. The molecule has 144 valence electrons. The van der Waals surface area contributed by atoms with Crippen molar-refractivity contribution in [3.8, 4) is 0 Å². The standard InChI is InChI=1S/C22H20ClNO4/c1-2-12-7-8-16(23)15-11-19(28-21(12)15)17-9-10-18(24-17)20(25)13-3-5-14(6-4-13)22(26)27/h3-8,11,17-18,24H,2,9-10H2,1H3,(H,26,27). The van der Waals surface area contributed by atoms with Gasteiger partial charge in [0.05, 0.1) is 22.7 Å². The highest BCUT2D eigenvalue weighted by molar-refractivity contribution is 6.35. The van der Waals surface area contributed by atoms with Crippen LogP contribution in [0.2, 0.25) is 5.02 Å². The Bertz CT molecular complexity index is 1050. The number of ketones is 1. The van der Waals surface area contributed by atoms with E-state index in [4.69, 9.17) is 21.1 Å². The predicted octanol–water partition coefficient (Wildman–Crippen LogP) is 5.02. The monoisotopic (exact) mass is 397 g/mol. The zero-order chi connectivity index (χ0) is 19.8. The molecule has 2 heterocycles. The zero-order valence-electron chi connectivity index (χ0n) is 15.4. The van der Waals surface area contributed by atoms with Gasteiger partial charge in [0.1, 0.15) is 11.3 Å². The van der Waals surface area contributed by atoms with Gasteiger partial charge in [0.15, 0.2) is 5.78 Å². The molecule has 0 aliphatic carbocycles. The molecule has 0 saturated carbocycles. The molecule has 2 unspecified atom stereocenters. The number of carbonyl (C=O) groups is 2. The fourth-order valence-corrected chi connectivity index (χ4v) is 3.97. The lowest BCUT2D eigenvalue weighted by molar-refractivity contribution is 0.0696. The number of carboxylic acids is 1. The molecular weight excluding hydrogens is 378 g/mol. The third-order valence-corrected chi connectivity index (χ3v) is 5.66. The van der Waals surface area contributed by atoms with Gasteiger partial charge in [-0.1, -0.05) is 36.7 Å². The Labute approximate surface area is 167 Å². The Morgan fingerprint density at radius 3 is 2.54 bits per heavy atom. The number of furan rings is 1. The van der Waals surface area contributed by atoms with E-state index in [1.807, 2.05) is 18.2 Å². The Morgan fingerprint density at radius 2 is 1.86 bits per heavy atom. The molecule has 6 heteroatoms. The lowest BCUT2D eigenvalue weighted by Crippen LogP contribution is -2.32. The van der Waals surface area contributed by atoms with Crippen LogP contribution in [-0.4, -0.2) is 22.9 Å². The number of nitrogens with one attached hydrogen (secondary N) is 1. The van der Waals surface area contributed by atoms with Crippen molar-refractivity contribution in [2.24, 2.45) is 0 Å². The van der Waals surface area contributed by atoms with Gasteiger partial charge in [0, 0.05) is 10.9 Å². The quantitative estimate of drug-likeness (QED) is 0.591. The van der Waals surface area contributed by atoms with Gasteiger partial charge in [-0.15, -0.1) is 0 Å². The first-order valence-electron chi connectivity index (χ1n) is 9.32. The maximum Gasteiger partial charge on any atom is 0.335 e. The van der Waals surface area contributed by atoms with E-state index in [0.29, 0.717) is 17.0 Å². The van der Waals surface area contributed by atoms with Gasteiger partial charge in [-0.3, -0.25) is 10.1 Å². The van der Waals surface area contributed by atoms with Crippen molar-refractivity contribution in [1.29, 1.82) is 0 Å². The van der Waals surface area contributed by atoms with Gasteiger partial charge in [-0.25, -0.2) is 4.79 Å². The number of benzene rings is 2. The molecule has 1 aromatic heterocycles. The SMILES string of the molecule is CCc1ccc(Cl)c2cc(C3CCC(C(=O)c4ccc(C(=O)O)cc4)N3)oc12. The first kappa shape index (κ1) is 18.7. The van der Waals surface area contributed by atoms with E-state index in [1.165, 1.54) is 12.1 Å². The fourth-order valence-electron chi connectivity index (χ4n) is 3.77. The Hall–Kier alpha value is -2.63. The average Bonchev–Trinajstić information content (AvgIpc) is 3.35. The maximum atomic E-state index is 12.8. The summed E-state index contributed by atoms with van der Waals surface area (Å²) < 4.78 is 6.11. The molecule has 2 aromatic carbocycles. The van der Waals surface area contributed by atoms with Gasteiger partial charge in [-0.05, 0) is 49.1 Å². The molecule has 2 N–H and O–H groups in total. The van der Waals surface area contributed by atoms with E-state index in [0.717, 1.165) is 35.1 Å². The highest BCUT2D eigenvalue weighted by Crippen LogP contribution is 2.36. The number of carbonyl (C=O) groups excluding carboxylic acids is 1. The minimum Gasteiger partial charge on any atom is -0.478 e. The number of fused-ring (bicyclic) bond motifs is 1. The Morgan fingerprint density at radius 1 is 1.14 bits per heavy atom. The third-order valence-electron chi connectivity index (χ3n) is 5.33. The molecule has 3 aromatic rings. The van der Waals surface area contributed by atoms with Crippen LogP contribution in [0.25, 0.3) is 11.0 Å². The second-order valence-electron chi connectivity index (χ2n) is 7.05. The van der Waals surface area contributed by atoms with Crippen molar-refractivity contribution in [3.63, 3.8) is 0 Å². The van der Waals surface area contributed by atoms with E-state index in [9.17, 15) is 9.59 Å². The van der Waals surface area contributed by atoms with Crippen molar-refractivity contribution in [2.75, 3.05) is 0 Å². The predicted molar refractivity (Wildman–Crippen MR) is 107 cm³/mol. The second-order valence-corrected chi connectivity index (χ2v) is 7.45. The molecule has 1 saturated heterocycles. The molecule has 28 heavy (non-hydrogen) atoms. The molecule has 0 bridgehead atoms. The molecule has 2 atom stereocenters. The number of rotatable bonds is 5. The number of halogens is 1. The highest BCUT2D eigenvalue weighted by atomic mass is 35.5. The minimum absolute atomic E-state index is 0.0390. The van der Waals surface area contributed by atoms with Crippen molar-refractivity contribution < 1.29 is 19.1 Å². The lowest BCUT2D eigenvalue weighted by Gasteiger charge is -2.12. The van der Waals surface area contributed by atoms with Crippen LogP contribution >= 0.6 is 11.6 Å². The van der Waals surface area contributed by atoms with Crippen molar-refractivity contribution in [1.82, 2.24) is 5.32 Å². The van der Waals surface area contributed by atoms with Gasteiger partial charge in [-0.2, -0.15) is 0 Å². The van der Waals surface area contributed by atoms with Crippen LogP contribution in [-0.2, 0) is 6.42 Å².